The Morgan fingerprint density at radius 1 is 1.67 bits per heavy atom. The number of halogens is 1. The quantitative estimate of drug-likeness (QED) is 0.797. The molecule has 1 aliphatic rings. The third-order valence-corrected chi connectivity index (χ3v) is 4.78. The van der Waals surface area contributed by atoms with Crippen LogP contribution in [0, 0.1) is 5.82 Å². The van der Waals surface area contributed by atoms with Crippen LogP contribution in [0.5, 0.6) is 0 Å². The number of hydrogen-bond acceptors (Lipinski definition) is 3. The number of hydrogen-bond donors (Lipinski definition) is 2. The van der Waals surface area contributed by atoms with Gasteiger partial charge in [-0.1, -0.05) is 0 Å². The Hall–Kier alpha value is -1.11. The van der Waals surface area contributed by atoms with Gasteiger partial charge in [-0.2, -0.15) is 0 Å². The molecule has 1 aromatic carbocycles. The third-order valence-electron chi connectivity index (χ3n) is 3.09. The Kier molecular flexibility index (Phi) is 3.35. The molecule has 1 unspecified atom stereocenters. The zero-order valence-electron chi connectivity index (χ0n) is 9.72. The molecule has 0 aliphatic carbocycles. The molecule has 1 heterocycles. The largest absolute Gasteiger partial charge is 0.611 e. The van der Waals surface area contributed by atoms with Crippen LogP contribution in [0.15, 0.2) is 23.1 Å². The highest BCUT2D eigenvalue weighted by atomic mass is 32.2. The first-order valence-corrected chi connectivity index (χ1v) is 6.69. The van der Waals surface area contributed by atoms with Crippen molar-refractivity contribution in [2.24, 2.45) is 0 Å². The van der Waals surface area contributed by atoms with E-state index in [1.807, 2.05) is 0 Å². The molecule has 2 rings (SSSR count). The van der Waals surface area contributed by atoms with Crippen molar-refractivity contribution in [1.82, 2.24) is 0 Å². The van der Waals surface area contributed by atoms with Gasteiger partial charge in [-0.05, 0) is 36.3 Å². The number of rotatable bonds is 2. The summed E-state index contributed by atoms with van der Waals surface area (Å²) in [5.74, 6) is -1.75. The Balaban J connectivity index is 2.55. The van der Waals surface area contributed by atoms with E-state index in [9.17, 15) is 18.8 Å². The fourth-order valence-corrected chi connectivity index (χ4v) is 3.87. The smallest absolute Gasteiger partial charge is 0.306 e. The van der Waals surface area contributed by atoms with E-state index in [2.05, 4.69) is 0 Å². The van der Waals surface area contributed by atoms with Gasteiger partial charge in [-0.15, -0.1) is 0 Å². The zero-order chi connectivity index (χ0) is 13.5. The molecule has 6 heteroatoms. The van der Waals surface area contributed by atoms with Crippen molar-refractivity contribution in [2.75, 3.05) is 0 Å². The topological polar surface area (TPSA) is 80.6 Å². The van der Waals surface area contributed by atoms with Gasteiger partial charge in [0.15, 0.2) is 4.90 Å². The van der Waals surface area contributed by atoms with Gasteiger partial charge in [0.1, 0.15) is 16.7 Å². The van der Waals surface area contributed by atoms with Crippen LogP contribution in [0.1, 0.15) is 25.3 Å². The highest BCUT2D eigenvalue weighted by molar-refractivity contribution is 7.92. The Morgan fingerprint density at radius 3 is 2.94 bits per heavy atom. The normalized spacial score (nSPS) is 30.9. The number of carboxylic acids is 1. The van der Waals surface area contributed by atoms with E-state index in [-0.39, 0.29) is 17.2 Å². The second-order valence-corrected chi connectivity index (χ2v) is 6.39. The second-order valence-electron chi connectivity index (χ2n) is 4.55. The molecule has 0 saturated carbocycles. The Labute approximate surface area is 107 Å². The minimum atomic E-state index is -1.66. The van der Waals surface area contributed by atoms with E-state index in [4.69, 9.17) is 5.11 Å². The van der Waals surface area contributed by atoms with Crippen molar-refractivity contribution in [1.29, 1.82) is 0 Å². The van der Waals surface area contributed by atoms with Gasteiger partial charge < -0.3 is 14.8 Å². The van der Waals surface area contributed by atoms with Crippen molar-refractivity contribution in [3.05, 3.63) is 29.6 Å². The average molecular weight is 272 g/mol. The molecule has 4 nitrogen and oxygen atoms in total. The molecule has 2 N–H and O–H groups in total. The number of fused-ring (bicyclic) bond motifs is 1. The summed E-state index contributed by atoms with van der Waals surface area (Å²) in [6.45, 7) is 1.68. The number of carboxylic acid groups (broad SMARTS) is 1. The fourth-order valence-electron chi connectivity index (χ4n) is 2.34. The molecule has 98 valence electrons. The number of aliphatic carboxylic acids is 1. The molecule has 18 heavy (non-hydrogen) atoms. The van der Waals surface area contributed by atoms with E-state index in [1.165, 1.54) is 6.07 Å². The molecular formula is C12H13FO4S. The van der Waals surface area contributed by atoms with Crippen LogP contribution in [0.25, 0.3) is 0 Å². The third kappa shape index (κ3) is 2.23. The minimum absolute atomic E-state index is 0.0440. The lowest BCUT2D eigenvalue weighted by molar-refractivity contribution is -0.143. The van der Waals surface area contributed by atoms with Crippen molar-refractivity contribution in [3.63, 3.8) is 0 Å². The molecule has 0 spiro atoms. The molecule has 0 amide bonds. The first kappa shape index (κ1) is 13.3. The first-order valence-electron chi connectivity index (χ1n) is 5.48. The number of aliphatic hydroxyl groups is 1. The van der Waals surface area contributed by atoms with Crippen LogP contribution in [0.2, 0.25) is 0 Å². The maximum absolute atomic E-state index is 13.2. The van der Waals surface area contributed by atoms with Crippen LogP contribution in [0.3, 0.4) is 0 Å². The van der Waals surface area contributed by atoms with Gasteiger partial charge >= 0.3 is 5.97 Å². The fraction of sp³-hybridized carbons (Fsp3) is 0.417. The van der Waals surface area contributed by atoms with Crippen LogP contribution < -0.4 is 0 Å². The molecule has 0 radical (unpaired) electrons. The molecular weight excluding hydrogens is 259 g/mol. The molecule has 3 atom stereocenters. The molecule has 1 aliphatic heterocycles. The van der Waals surface area contributed by atoms with Crippen LogP contribution in [0.4, 0.5) is 4.39 Å². The summed E-state index contributed by atoms with van der Waals surface area (Å²) >= 11 is -1.35. The predicted octanol–water partition coefficient (Wildman–Crippen LogP) is 1.39. The van der Waals surface area contributed by atoms with Gasteiger partial charge in [0, 0.05) is 12.0 Å². The van der Waals surface area contributed by atoms with Crippen molar-refractivity contribution < 1.29 is 24.0 Å². The molecule has 0 aromatic heterocycles. The lowest BCUT2D eigenvalue weighted by atomic mass is 9.85. The highest BCUT2D eigenvalue weighted by Crippen LogP contribution is 2.42. The maximum atomic E-state index is 13.2. The summed E-state index contributed by atoms with van der Waals surface area (Å²) in [5, 5.41) is 18.9. The Bertz CT molecular complexity index is 493. The van der Waals surface area contributed by atoms with Crippen molar-refractivity contribution >= 4 is 17.1 Å². The summed E-state index contributed by atoms with van der Waals surface area (Å²) in [6.07, 6.45) is -0.479. The van der Waals surface area contributed by atoms with Gasteiger partial charge in [0.25, 0.3) is 0 Å². The number of benzene rings is 1. The summed E-state index contributed by atoms with van der Waals surface area (Å²) in [6, 6.07) is 3.58. The summed E-state index contributed by atoms with van der Waals surface area (Å²) in [4.78, 5) is 11.1. The van der Waals surface area contributed by atoms with E-state index in [0.29, 0.717) is 4.90 Å². The lowest BCUT2D eigenvalue weighted by Crippen LogP contribution is -2.41. The van der Waals surface area contributed by atoms with E-state index in [1.54, 1.807) is 6.92 Å². The SMILES string of the molecule is C[C@@H]1C[C@@](O)(CC(=O)O)c2cc(F)ccc2[S+]1[O-]. The van der Waals surface area contributed by atoms with Gasteiger partial charge in [0.2, 0.25) is 0 Å². The van der Waals surface area contributed by atoms with Crippen molar-refractivity contribution in [3.8, 4) is 0 Å². The van der Waals surface area contributed by atoms with E-state index < -0.39 is 35.0 Å². The maximum Gasteiger partial charge on any atom is 0.306 e. The second kappa shape index (κ2) is 4.53. The van der Waals surface area contributed by atoms with Crippen molar-refractivity contribution in [2.45, 2.75) is 35.5 Å². The van der Waals surface area contributed by atoms with Gasteiger partial charge in [-0.3, -0.25) is 4.79 Å². The molecule has 1 aromatic rings. The van der Waals surface area contributed by atoms with Gasteiger partial charge in [-0.25, -0.2) is 4.39 Å². The monoisotopic (exact) mass is 272 g/mol. The summed E-state index contributed by atoms with van der Waals surface area (Å²) < 4.78 is 25.3. The standard InChI is InChI=1S/C12H13FO4S/c1-7-5-12(16,6-11(14)15)9-4-8(13)2-3-10(9)18(7)17/h2-4,7,16H,5-6H2,1H3,(H,14,15)/t7-,12-,18?/m1/s1. The summed E-state index contributed by atoms with van der Waals surface area (Å²) in [7, 11) is 0. The predicted molar refractivity (Wildman–Crippen MR) is 63.0 cm³/mol. The van der Waals surface area contributed by atoms with Crippen LogP contribution in [-0.2, 0) is 21.6 Å². The Morgan fingerprint density at radius 2 is 2.33 bits per heavy atom. The molecule has 0 bridgehead atoms. The molecule has 0 saturated heterocycles. The zero-order valence-corrected chi connectivity index (χ0v) is 10.5. The lowest BCUT2D eigenvalue weighted by Gasteiger charge is -2.36. The van der Waals surface area contributed by atoms with E-state index in [0.717, 1.165) is 12.1 Å². The van der Waals surface area contributed by atoms with Gasteiger partial charge in [0.05, 0.1) is 6.42 Å². The summed E-state index contributed by atoms with van der Waals surface area (Å²) in [5.41, 5.74) is -1.53. The highest BCUT2D eigenvalue weighted by Gasteiger charge is 2.46. The average Bonchev–Trinajstić information content (AvgIpc) is 2.25. The minimum Gasteiger partial charge on any atom is -0.611 e. The van der Waals surface area contributed by atoms with Crippen LogP contribution in [-0.4, -0.2) is 26.0 Å². The van der Waals surface area contributed by atoms with E-state index >= 15 is 0 Å². The van der Waals surface area contributed by atoms with Crippen LogP contribution >= 0.6 is 0 Å². The number of carbonyl (C=O) groups is 1. The molecule has 0 fully saturated rings. The first-order chi connectivity index (χ1) is 8.33.